The van der Waals surface area contributed by atoms with E-state index >= 15 is 0 Å². The summed E-state index contributed by atoms with van der Waals surface area (Å²) in [5, 5.41) is 3.62. The summed E-state index contributed by atoms with van der Waals surface area (Å²) in [6.07, 6.45) is 6.18. The van der Waals surface area contributed by atoms with Crippen molar-refractivity contribution in [3.63, 3.8) is 0 Å². The number of carbonyl (C=O) groups is 1. The number of hydrogen-bond donors (Lipinski definition) is 1. The lowest BCUT2D eigenvalue weighted by molar-refractivity contribution is 0.103. The van der Waals surface area contributed by atoms with Crippen LogP contribution in [0.2, 0.25) is 0 Å². The topological polar surface area (TPSA) is 67.8 Å². The summed E-state index contributed by atoms with van der Waals surface area (Å²) in [6.45, 7) is 4.09. The van der Waals surface area contributed by atoms with Crippen LogP contribution in [0.1, 0.15) is 34.4 Å². The van der Waals surface area contributed by atoms with Gasteiger partial charge in [0.15, 0.2) is 5.82 Å². The van der Waals surface area contributed by atoms with E-state index in [4.69, 9.17) is 0 Å². The average molecular weight is 248 g/mol. The molecule has 6 heteroatoms. The van der Waals surface area contributed by atoms with Crippen molar-refractivity contribution < 1.29 is 4.79 Å². The van der Waals surface area contributed by atoms with E-state index in [9.17, 15) is 4.79 Å². The number of anilines is 1. The number of amides is 1. The minimum atomic E-state index is -0.199. The van der Waals surface area contributed by atoms with Gasteiger partial charge in [0, 0.05) is 18.3 Å². The molecule has 17 heavy (non-hydrogen) atoms. The SMILES string of the molecule is CC(C)c1ncc(C(=O)Nc2cnccn2)s1. The predicted octanol–water partition coefficient (Wildman–Crippen LogP) is 2.31. The number of nitrogens with zero attached hydrogens (tertiary/aromatic N) is 3. The molecule has 0 saturated heterocycles. The molecule has 0 radical (unpaired) electrons. The van der Waals surface area contributed by atoms with E-state index in [1.54, 1.807) is 12.4 Å². The van der Waals surface area contributed by atoms with Gasteiger partial charge in [-0.25, -0.2) is 9.97 Å². The standard InChI is InChI=1S/C11H12N4OS/c1-7(2)11-14-5-8(17-11)10(16)15-9-6-12-3-4-13-9/h3-7H,1-2H3,(H,13,15,16). The van der Waals surface area contributed by atoms with Crippen LogP contribution in [0.4, 0.5) is 5.82 Å². The molecule has 2 aromatic rings. The second kappa shape index (κ2) is 5.01. The number of hydrogen-bond acceptors (Lipinski definition) is 5. The Morgan fingerprint density at radius 1 is 1.29 bits per heavy atom. The van der Waals surface area contributed by atoms with Gasteiger partial charge in [-0.15, -0.1) is 11.3 Å². The molecular formula is C11H12N4OS. The molecule has 0 aromatic carbocycles. The Morgan fingerprint density at radius 2 is 2.12 bits per heavy atom. The lowest BCUT2D eigenvalue weighted by Crippen LogP contribution is -2.11. The predicted molar refractivity (Wildman–Crippen MR) is 66.2 cm³/mol. The van der Waals surface area contributed by atoms with Crippen LogP contribution in [0, 0.1) is 0 Å². The van der Waals surface area contributed by atoms with Crippen molar-refractivity contribution in [3.05, 3.63) is 34.7 Å². The quantitative estimate of drug-likeness (QED) is 0.905. The summed E-state index contributed by atoms with van der Waals surface area (Å²) in [6, 6.07) is 0. The van der Waals surface area contributed by atoms with E-state index < -0.39 is 0 Å². The molecule has 0 fully saturated rings. The monoisotopic (exact) mass is 248 g/mol. The van der Waals surface area contributed by atoms with Crippen molar-refractivity contribution in [1.82, 2.24) is 15.0 Å². The van der Waals surface area contributed by atoms with Crippen molar-refractivity contribution >= 4 is 23.1 Å². The summed E-state index contributed by atoms with van der Waals surface area (Å²) >= 11 is 1.40. The summed E-state index contributed by atoms with van der Waals surface area (Å²) < 4.78 is 0. The van der Waals surface area contributed by atoms with Gasteiger partial charge in [-0.3, -0.25) is 9.78 Å². The third-order valence-corrected chi connectivity index (χ3v) is 3.34. The smallest absolute Gasteiger partial charge is 0.268 e. The third-order valence-electron chi connectivity index (χ3n) is 2.05. The minimum Gasteiger partial charge on any atom is -0.305 e. The first-order valence-electron chi connectivity index (χ1n) is 5.20. The molecule has 1 N–H and O–H groups in total. The first-order chi connectivity index (χ1) is 8.16. The van der Waals surface area contributed by atoms with Crippen LogP contribution in [-0.2, 0) is 0 Å². The van der Waals surface area contributed by atoms with E-state index in [0.717, 1.165) is 5.01 Å². The second-order valence-corrected chi connectivity index (χ2v) is 4.82. The molecule has 2 aromatic heterocycles. The van der Waals surface area contributed by atoms with Crippen LogP contribution in [0.3, 0.4) is 0 Å². The van der Waals surface area contributed by atoms with Crippen LogP contribution in [0.5, 0.6) is 0 Å². The fourth-order valence-electron chi connectivity index (χ4n) is 1.20. The Bertz CT molecular complexity index is 509. The molecule has 0 unspecified atom stereocenters. The fraction of sp³-hybridized carbons (Fsp3) is 0.273. The highest BCUT2D eigenvalue weighted by Crippen LogP contribution is 2.21. The summed E-state index contributed by atoms with van der Waals surface area (Å²) in [5.74, 6) is 0.574. The minimum absolute atomic E-state index is 0.199. The van der Waals surface area contributed by atoms with Crippen LogP contribution in [0.25, 0.3) is 0 Å². The Balaban J connectivity index is 2.10. The zero-order valence-corrected chi connectivity index (χ0v) is 10.4. The van der Waals surface area contributed by atoms with Gasteiger partial charge in [0.2, 0.25) is 0 Å². The first-order valence-corrected chi connectivity index (χ1v) is 6.01. The van der Waals surface area contributed by atoms with E-state index in [-0.39, 0.29) is 5.91 Å². The van der Waals surface area contributed by atoms with Crippen molar-refractivity contribution in [1.29, 1.82) is 0 Å². The third kappa shape index (κ3) is 2.85. The highest BCUT2D eigenvalue weighted by molar-refractivity contribution is 7.13. The molecule has 2 heterocycles. The van der Waals surface area contributed by atoms with Gasteiger partial charge >= 0.3 is 0 Å². The maximum absolute atomic E-state index is 11.8. The molecule has 0 aliphatic heterocycles. The Kier molecular flexibility index (Phi) is 3.43. The van der Waals surface area contributed by atoms with Crippen LogP contribution < -0.4 is 5.32 Å². The van der Waals surface area contributed by atoms with Gasteiger partial charge in [0.05, 0.1) is 17.4 Å². The molecule has 0 saturated carbocycles. The van der Waals surface area contributed by atoms with Gasteiger partial charge in [0.1, 0.15) is 4.88 Å². The van der Waals surface area contributed by atoms with Crippen LogP contribution in [0.15, 0.2) is 24.8 Å². The number of rotatable bonds is 3. The Morgan fingerprint density at radius 3 is 2.71 bits per heavy atom. The molecular weight excluding hydrogens is 236 g/mol. The molecule has 0 spiro atoms. The maximum Gasteiger partial charge on any atom is 0.268 e. The van der Waals surface area contributed by atoms with E-state index in [0.29, 0.717) is 16.6 Å². The van der Waals surface area contributed by atoms with Crippen LogP contribution >= 0.6 is 11.3 Å². The normalized spacial score (nSPS) is 10.5. The number of nitrogens with one attached hydrogen (secondary N) is 1. The zero-order valence-electron chi connectivity index (χ0n) is 9.54. The molecule has 1 amide bonds. The Hall–Kier alpha value is -1.82. The second-order valence-electron chi connectivity index (χ2n) is 3.76. The molecule has 2 rings (SSSR count). The van der Waals surface area contributed by atoms with Gasteiger partial charge < -0.3 is 5.32 Å². The highest BCUT2D eigenvalue weighted by atomic mass is 32.1. The lowest BCUT2D eigenvalue weighted by Gasteiger charge is -2.00. The maximum atomic E-state index is 11.8. The van der Waals surface area contributed by atoms with Gasteiger partial charge in [-0.05, 0) is 0 Å². The largest absolute Gasteiger partial charge is 0.305 e. The van der Waals surface area contributed by atoms with Gasteiger partial charge in [0.25, 0.3) is 5.91 Å². The number of carbonyl (C=O) groups excluding carboxylic acids is 1. The van der Waals surface area contributed by atoms with E-state index in [1.807, 2.05) is 13.8 Å². The van der Waals surface area contributed by atoms with Crippen molar-refractivity contribution in [3.8, 4) is 0 Å². The zero-order chi connectivity index (χ0) is 12.3. The first kappa shape index (κ1) is 11.7. The molecule has 0 aliphatic carbocycles. The van der Waals surface area contributed by atoms with Gasteiger partial charge in [-0.1, -0.05) is 13.8 Å². The van der Waals surface area contributed by atoms with Crippen LogP contribution in [-0.4, -0.2) is 20.9 Å². The summed E-state index contributed by atoms with van der Waals surface area (Å²) in [4.78, 5) is 24.5. The molecule has 0 atom stereocenters. The van der Waals surface area contributed by atoms with Gasteiger partial charge in [-0.2, -0.15) is 0 Å². The lowest BCUT2D eigenvalue weighted by atomic mass is 10.2. The molecule has 88 valence electrons. The number of aromatic nitrogens is 3. The molecule has 5 nitrogen and oxygen atoms in total. The molecule has 0 bridgehead atoms. The fourth-order valence-corrected chi connectivity index (χ4v) is 2.02. The van der Waals surface area contributed by atoms with Crippen molar-refractivity contribution in [2.45, 2.75) is 19.8 Å². The van der Waals surface area contributed by atoms with Crippen molar-refractivity contribution in [2.75, 3.05) is 5.32 Å². The van der Waals surface area contributed by atoms with E-state index in [2.05, 4.69) is 20.3 Å². The number of thiazole rings is 1. The summed E-state index contributed by atoms with van der Waals surface area (Å²) in [7, 11) is 0. The highest BCUT2D eigenvalue weighted by Gasteiger charge is 2.12. The average Bonchev–Trinajstić information content (AvgIpc) is 2.79. The summed E-state index contributed by atoms with van der Waals surface area (Å²) in [5.41, 5.74) is 0. The van der Waals surface area contributed by atoms with E-state index in [1.165, 1.54) is 23.7 Å². The molecule has 0 aliphatic rings. The van der Waals surface area contributed by atoms with Crippen molar-refractivity contribution in [2.24, 2.45) is 0 Å². The Labute approximate surface area is 103 Å².